The Hall–Kier alpha value is -1.96. The molecule has 1 aromatic heterocycles. The van der Waals surface area contributed by atoms with E-state index < -0.39 is 10.2 Å². The van der Waals surface area contributed by atoms with E-state index >= 15 is 0 Å². The number of hydrogen-bond donors (Lipinski definition) is 0. The highest BCUT2D eigenvalue weighted by molar-refractivity contribution is 7.86. The summed E-state index contributed by atoms with van der Waals surface area (Å²) in [5.74, 6) is -0.162. The highest BCUT2D eigenvalue weighted by Gasteiger charge is 2.37. The molecule has 0 N–H and O–H groups in total. The van der Waals surface area contributed by atoms with Crippen LogP contribution in [0.15, 0.2) is 53.9 Å². The third-order valence-corrected chi connectivity index (χ3v) is 6.62. The molecule has 2 aromatic rings. The van der Waals surface area contributed by atoms with Crippen molar-refractivity contribution in [2.45, 2.75) is 19.8 Å². The quantitative estimate of drug-likeness (QED) is 0.758. The molecule has 1 aliphatic rings. The van der Waals surface area contributed by atoms with E-state index in [2.05, 4.69) is 10.1 Å². The topological polar surface area (TPSA) is 65.9 Å². The Balaban J connectivity index is 2.04. The molecule has 0 saturated carbocycles. The molecule has 0 saturated heterocycles. The van der Waals surface area contributed by atoms with Crippen LogP contribution in [0, 0.1) is 0 Å². The Morgan fingerprint density at radius 3 is 2.31 bits per heavy atom. The van der Waals surface area contributed by atoms with E-state index in [-0.39, 0.29) is 12.5 Å². The lowest BCUT2D eigenvalue weighted by Crippen LogP contribution is -2.40. The van der Waals surface area contributed by atoms with Gasteiger partial charge in [-0.05, 0) is 35.4 Å². The number of pyridine rings is 1. The van der Waals surface area contributed by atoms with Gasteiger partial charge in [-0.1, -0.05) is 37.6 Å². The highest BCUT2D eigenvalue weighted by Crippen LogP contribution is 2.31. The van der Waals surface area contributed by atoms with Crippen LogP contribution < -0.4 is 0 Å². The van der Waals surface area contributed by atoms with Crippen LogP contribution in [0.2, 0.25) is 5.02 Å². The maximum absolute atomic E-state index is 12.9. The van der Waals surface area contributed by atoms with Crippen LogP contribution in [0.3, 0.4) is 0 Å². The molecule has 0 fully saturated rings. The summed E-state index contributed by atoms with van der Waals surface area (Å²) in [7, 11) is -3.65. The summed E-state index contributed by atoms with van der Waals surface area (Å²) in [6, 6.07) is 11.1. The Kier molecular flexibility index (Phi) is 5.60. The second-order valence-electron chi connectivity index (χ2n) is 5.92. The predicted octanol–water partition coefficient (Wildman–Crippen LogP) is 3.13. The van der Waals surface area contributed by atoms with Gasteiger partial charge in [0.2, 0.25) is 0 Å². The van der Waals surface area contributed by atoms with Crippen LogP contribution in [0.5, 0.6) is 0 Å². The molecule has 26 heavy (non-hydrogen) atoms. The van der Waals surface area contributed by atoms with E-state index in [4.69, 9.17) is 11.6 Å². The van der Waals surface area contributed by atoms with Gasteiger partial charge < -0.3 is 0 Å². The zero-order chi connectivity index (χ0) is 18.7. The van der Waals surface area contributed by atoms with Gasteiger partial charge in [0.05, 0.1) is 12.3 Å². The molecular formula is C18H21ClN4O2S. The molecule has 138 valence electrons. The molecule has 0 radical (unpaired) electrons. The van der Waals surface area contributed by atoms with Crippen molar-refractivity contribution in [3.63, 3.8) is 0 Å². The molecule has 1 aromatic carbocycles. The van der Waals surface area contributed by atoms with Crippen LogP contribution in [0.1, 0.15) is 30.9 Å². The number of hydrazone groups is 1. The lowest BCUT2D eigenvalue weighted by Gasteiger charge is -2.24. The SMILES string of the molecule is CCN(CC)S(=O)(=O)N1CC(c2ccncc2)C(c2ccc(Cl)cc2)=N1. The van der Waals surface area contributed by atoms with Gasteiger partial charge in [0.15, 0.2) is 0 Å². The molecule has 3 rings (SSSR count). The molecular weight excluding hydrogens is 372 g/mol. The van der Waals surface area contributed by atoms with Crippen molar-refractivity contribution in [2.75, 3.05) is 19.6 Å². The first-order valence-corrected chi connectivity index (χ1v) is 10.3. The highest BCUT2D eigenvalue weighted by atomic mass is 35.5. The first-order chi connectivity index (χ1) is 12.5. The molecule has 1 aliphatic heterocycles. The Bertz CT molecular complexity index is 881. The normalized spacial score (nSPS) is 17.6. The second kappa shape index (κ2) is 7.73. The van der Waals surface area contributed by atoms with Gasteiger partial charge in [-0.3, -0.25) is 4.98 Å². The number of aromatic nitrogens is 1. The van der Waals surface area contributed by atoms with E-state index in [1.807, 2.05) is 38.1 Å². The second-order valence-corrected chi connectivity index (χ2v) is 8.19. The molecule has 0 aliphatic carbocycles. The summed E-state index contributed by atoms with van der Waals surface area (Å²) in [6.45, 7) is 4.71. The Morgan fingerprint density at radius 1 is 1.12 bits per heavy atom. The molecule has 6 nitrogen and oxygen atoms in total. The monoisotopic (exact) mass is 392 g/mol. The van der Waals surface area contributed by atoms with Gasteiger partial charge in [0, 0.05) is 36.4 Å². The molecule has 2 heterocycles. The third-order valence-electron chi connectivity index (χ3n) is 4.43. The Labute approximate surface area is 159 Å². The van der Waals surface area contributed by atoms with Crippen molar-refractivity contribution in [3.8, 4) is 0 Å². The van der Waals surface area contributed by atoms with Gasteiger partial charge >= 0.3 is 10.2 Å². The van der Waals surface area contributed by atoms with Crippen LogP contribution >= 0.6 is 11.6 Å². The maximum atomic E-state index is 12.9. The lowest BCUT2D eigenvalue weighted by atomic mass is 9.91. The van der Waals surface area contributed by atoms with Crippen molar-refractivity contribution in [1.82, 2.24) is 13.7 Å². The summed E-state index contributed by atoms with van der Waals surface area (Å²) in [5, 5.41) is 5.12. The summed E-state index contributed by atoms with van der Waals surface area (Å²) in [4.78, 5) is 4.05. The molecule has 1 unspecified atom stereocenters. The maximum Gasteiger partial charge on any atom is 0.318 e. The number of rotatable bonds is 6. The number of nitrogens with zero attached hydrogens (tertiary/aromatic N) is 4. The number of benzene rings is 1. The summed E-state index contributed by atoms with van der Waals surface area (Å²) >= 11 is 5.99. The van der Waals surface area contributed by atoms with E-state index in [0.717, 1.165) is 11.1 Å². The fraction of sp³-hybridized carbons (Fsp3) is 0.333. The van der Waals surface area contributed by atoms with Crippen LogP contribution in [0.4, 0.5) is 0 Å². The summed E-state index contributed by atoms with van der Waals surface area (Å²) < 4.78 is 28.4. The number of halogens is 1. The minimum Gasteiger partial charge on any atom is -0.265 e. The van der Waals surface area contributed by atoms with Crippen molar-refractivity contribution in [2.24, 2.45) is 5.10 Å². The van der Waals surface area contributed by atoms with E-state index in [9.17, 15) is 8.42 Å². The van der Waals surface area contributed by atoms with Crippen LogP contribution in [-0.4, -0.2) is 47.5 Å². The zero-order valence-electron chi connectivity index (χ0n) is 14.7. The molecule has 8 heteroatoms. The van der Waals surface area contributed by atoms with E-state index in [1.165, 1.54) is 8.72 Å². The minimum atomic E-state index is -3.65. The summed E-state index contributed by atoms with van der Waals surface area (Å²) in [5.41, 5.74) is 2.54. The minimum absolute atomic E-state index is 0.162. The molecule has 0 bridgehead atoms. The predicted molar refractivity (Wildman–Crippen MR) is 104 cm³/mol. The standard InChI is InChI=1S/C18H21ClN4O2S/c1-3-22(4-2)26(24,25)23-13-17(14-9-11-20-12-10-14)18(21-23)15-5-7-16(19)8-6-15/h5-12,17H,3-4,13H2,1-2H3. The van der Waals surface area contributed by atoms with Crippen molar-refractivity contribution in [3.05, 3.63) is 64.9 Å². The van der Waals surface area contributed by atoms with E-state index in [0.29, 0.717) is 23.8 Å². The third kappa shape index (κ3) is 3.60. The Morgan fingerprint density at radius 2 is 1.73 bits per heavy atom. The molecule has 0 spiro atoms. The van der Waals surface area contributed by atoms with Gasteiger partial charge in [-0.2, -0.15) is 22.2 Å². The van der Waals surface area contributed by atoms with Gasteiger partial charge in [0.25, 0.3) is 0 Å². The van der Waals surface area contributed by atoms with Crippen molar-refractivity contribution >= 4 is 27.5 Å². The van der Waals surface area contributed by atoms with Gasteiger partial charge in [0.1, 0.15) is 0 Å². The van der Waals surface area contributed by atoms with Crippen LogP contribution in [-0.2, 0) is 10.2 Å². The van der Waals surface area contributed by atoms with Crippen molar-refractivity contribution < 1.29 is 8.42 Å². The summed E-state index contributed by atoms with van der Waals surface area (Å²) in [6.07, 6.45) is 3.41. The fourth-order valence-electron chi connectivity index (χ4n) is 3.04. The van der Waals surface area contributed by atoms with Gasteiger partial charge in [-0.15, -0.1) is 0 Å². The molecule has 1 atom stereocenters. The fourth-order valence-corrected chi connectivity index (χ4v) is 4.61. The van der Waals surface area contributed by atoms with E-state index in [1.54, 1.807) is 24.5 Å². The largest absolute Gasteiger partial charge is 0.318 e. The zero-order valence-corrected chi connectivity index (χ0v) is 16.3. The van der Waals surface area contributed by atoms with Gasteiger partial charge in [-0.25, -0.2) is 0 Å². The first kappa shape index (κ1) is 18.8. The number of hydrogen-bond acceptors (Lipinski definition) is 4. The van der Waals surface area contributed by atoms with Crippen LogP contribution in [0.25, 0.3) is 0 Å². The van der Waals surface area contributed by atoms with Crippen molar-refractivity contribution in [1.29, 1.82) is 0 Å². The smallest absolute Gasteiger partial charge is 0.265 e. The average molecular weight is 393 g/mol. The first-order valence-electron chi connectivity index (χ1n) is 8.49. The average Bonchev–Trinajstić information content (AvgIpc) is 3.10. The lowest BCUT2D eigenvalue weighted by molar-refractivity contribution is 0.367. The molecule has 0 amide bonds.